The van der Waals surface area contributed by atoms with Crippen LogP contribution in [0.1, 0.15) is 19.8 Å². The predicted molar refractivity (Wildman–Crippen MR) is 50.5 cm³/mol. The molecule has 1 aliphatic heterocycles. The molecule has 0 aliphatic carbocycles. The van der Waals surface area contributed by atoms with Crippen molar-refractivity contribution in [2.45, 2.75) is 29.7 Å². The summed E-state index contributed by atoms with van der Waals surface area (Å²) in [5, 5.41) is 3.29. The van der Waals surface area contributed by atoms with Gasteiger partial charge in [-0.3, -0.25) is 5.32 Å². The molecule has 0 saturated carbocycles. The summed E-state index contributed by atoms with van der Waals surface area (Å²) in [5.41, 5.74) is 0. The van der Waals surface area contributed by atoms with Gasteiger partial charge in [0, 0.05) is 16.6 Å². The van der Waals surface area contributed by atoms with E-state index in [1.807, 2.05) is 0 Å². The average Bonchev–Trinajstić information content (AvgIpc) is 1.83. The maximum absolute atomic E-state index is 5.30. The van der Waals surface area contributed by atoms with Crippen molar-refractivity contribution in [2.75, 3.05) is 13.3 Å². The molecule has 1 saturated heterocycles. The Morgan fingerprint density at radius 2 is 2.40 bits per heavy atom. The van der Waals surface area contributed by atoms with Crippen LogP contribution in [0.3, 0.4) is 0 Å². The van der Waals surface area contributed by atoms with Gasteiger partial charge in [0.2, 0.25) is 0 Å². The Morgan fingerprint density at radius 1 is 1.60 bits per heavy atom. The monoisotopic (exact) mass is 255 g/mol. The van der Waals surface area contributed by atoms with Gasteiger partial charge < -0.3 is 4.74 Å². The van der Waals surface area contributed by atoms with E-state index in [1.54, 1.807) is 0 Å². The molecule has 0 aromatic carbocycles. The quantitative estimate of drug-likeness (QED) is 0.523. The normalized spacial score (nSPS) is 36.6. The van der Waals surface area contributed by atoms with E-state index in [9.17, 15) is 0 Å². The molecule has 0 aromatic rings. The van der Waals surface area contributed by atoms with Gasteiger partial charge in [0.25, 0.3) is 0 Å². The van der Waals surface area contributed by atoms with Gasteiger partial charge in [0.15, 0.2) is 0 Å². The van der Waals surface area contributed by atoms with E-state index in [1.165, 1.54) is 12.8 Å². The molecule has 2 unspecified atom stereocenters. The van der Waals surface area contributed by atoms with Crippen molar-refractivity contribution in [1.82, 2.24) is 5.32 Å². The van der Waals surface area contributed by atoms with Crippen LogP contribution >= 0.6 is 22.6 Å². The molecule has 2 nitrogen and oxygen atoms in total. The standard InChI is InChI=1S/C7H14INO/c1-6-4-7(8)2-3-10-5-9-6/h6-7,9H,2-5H2,1H3. The molecule has 1 N–H and O–H groups in total. The van der Waals surface area contributed by atoms with Crippen LogP contribution in [0.4, 0.5) is 0 Å². The first-order chi connectivity index (χ1) is 4.79. The van der Waals surface area contributed by atoms with Crippen LogP contribution in [-0.2, 0) is 4.74 Å². The minimum atomic E-state index is 0.613. The summed E-state index contributed by atoms with van der Waals surface area (Å²) in [4.78, 5) is 0. The number of rotatable bonds is 0. The van der Waals surface area contributed by atoms with Crippen LogP contribution < -0.4 is 5.32 Å². The molecule has 10 heavy (non-hydrogen) atoms. The molecule has 1 fully saturated rings. The van der Waals surface area contributed by atoms with Gasteiger partial charge in [-0.15, -0.1) is 0 Å². The molecular formula is C7H14INO. The molecule has 2 atom stereocenters. The largest absolute Gasteiger partial charge is 0.366 e. The number of halogens is 1. The van der Waals surface area contributed by atoms with Gasteiger partial charge >= 0.3 is 0 Å². The molecule has 3 heteroatoms. The van der Waals surface area contributed by atoms with Gasteiger partial charge in [-0.1, -0.05) is 22.6 Å². The Morgan fingerprint density at radius 3 is 3.20 bits per heavy atom. The molecule has 0 amide bonds. The Kier molecular flexibility index (Phi) is 3.95. The second-order valence-electron chi connectivity index (χ2n) is 2.78. The van der Waals surface area contributed by atoms with Crippen LogP contribution in [0.5, 0.6) is 0 Å². The summed E-state index contributed by atoms with van der Waals surface area (Å²) in [6.45, 7) is 3.85. The second-order valence-corrected chi connectivity index (χ2v) is 4.54. The summed E-state index contributed by atoms with van der Waals surface area (Å²) >= 11 is 2.49. The summed E-state index contributed by atoms with van der Waals surface area (Å²) in [5.74, 6) is 0. The summed E-state index contributed by atoms with van der Waals surface area (Å²) in [6.07, 6.45) is 2.47. The second kappa shape index (κ2) is 4.51. The lowest BCUT2D eigenvalue weighted by Gasteiger charge is -2.21. The van der Waals surface area contributed by atoms with Crippen molar-refractivity contribution >= 4 is 22.6 Å². The highest BCUT2D eigenvalue weighted by molar-refractivity contribution is 14.1. The van der Waals surface area contributed by atoms with Gasteiger partial charge in [-0.05, 0) is 19.8 Å². The van der Waals surface area contributed by atoms with E-state index in [-0.39, 0.29) is 0 Å². The number of alkyl halides is 1. The topological polar surface area (TPSA) is 21.3 Å². The zero-order chi connectivity index (χ0) is 7.40. The summed E-state index contributed by atoms with van der Waals surface area (Å²) in [6, 6.07) is 0.613. The van der Waals surface area contributed by atoms with E-state index in [2.05, 4.69) is 34.8 Å². The van der Waals surface area contributed by atoms with E-state index < -0.39 is 0 Å². The molecule has 0 aromatic heterocycles. The molecular weight excluding hydrogens is 241 g/mol. The number of hydrogen-bond acceptors (Lipinski definition) is 2. The molecule has 1 rings (SSSR count). The van der Waals surface area contributed by atoms with Crippen molar-refractivity contribution in [3.63, 3.8) is 0 Å². The third-order valence-corrected chi connectivity index (χ3v) is 2.85. The fourth-order valence-corrected chi connectivity index (χ4v) is 2.09. The van der Waals surface area contributed by atoms with Crippen molar-refractivity contribution in [1.29, 1.82) is 0 Å². The average molecular weight is 255 g/mol. The van der Waals surface area contributed by atoms with E-state index in [0.717, 1.165) is 17.3 Å². The van der Waals surface area contributed by atoms with Crippen molar-refractivity contribution in [3.8, 4) is 0 Å². The summed E-state index contributed by atoms with van der Waals surface area (Å²) < 4.78 is 6.08. The molecule has 1 aliphatic rings. The van der Waals surface area contributed by atoms with Crippen molar-refractivity contribution in [2.24, 2.45) is 0 Å². The number of nitrogens with one attached hydrogen (secondary N) is 1. The lowest BCUT2D eigenvalue weighted by molar-refractivity contribution is 0.0957. The maximum Gasteiger partial charge on any atom is 0.0967 e. The van der Waals surface area contributed by atoms with Crippen molar-refractivity contribution < 1.29 is 4.74 Å². The van der Waals surface area contributed by atoms with E-state index in [0.29, 0.717) is 6.04 Å². The first-order valence-electron chi connectivity index (χ1n) is 3.74. The minimum Gasteiger partial charge on any atom is -0.366 e. The van der Waals surface area contributed by atoms with Gasteiger partial charge in [0.05, 0.1) is 6.73 Å². The predicted octanol–water partition coefficient (Wildman–Crippen LogP) is 1.54. The Bertz CT molecular complexity index is 89.6. The van der Waals surface area contributed by atoms with Crippen LogP contribution in [0.15, 0.2) is 0 Å². The van der Waals surface area contributed by atoms with Crippen LogP contribution in [0, 0.1) is 0 Å². The Balaban J connectivity index is 2.25. The molecule has 0 radical (unpaired) electrons. The first kappa shape index (κ1) is 8.74. The first-order valence-corrected chi connectivity index (χ1v) is 4.99. The van der Waals surface area contributed by atoms with Gasteiger partial charge in [0.1, 0.15) is 0 Å². The SMILES string of the molecule is CC1CC(I)CCOCN1. The third kappa shape index (κ3) is 3.16. The molecule has 60 valence electrons. The highest BCUT2D eigenvalue weighted by Crippen LogP contribution is 2.14. The molecule has 0 spiro atoms. The maximum atomic E-state index is 5.30. The van der Waals surface area contributed by atoms with Crippen LogP contribution in [-0.4, -0.2) is 23.3 Å². The van der Waals surface area contributed by atoms with Gasteiger partial charge in [-0.2, -0.15) is 0 Å². The van der Waals surface area contributed by atoms with Crippen LogP contribution in [0.2, 0.25) is 0 Å². The zero-order valence-corrected chi connectivity index (χ0v) is 8.43. The zero-order valence-electron chi connectivity index (χ0n) is 6.27. The third-order valence-electron chi connectivity index (χ3n) is 1.72. The highest BCUT2D eigenvalue weighted by atomic mass is 127. The lowest BCUT2D eigenvalue weighted by atomic mass is 10.1. The Hall–Kier alpha value is 0.650. The highest BCUT2D eigenvalue weighted by Gasteiger charge is 2.11. The smallest absolute Gasteiger partial charge is 0.0967 e. The Labute approximate surface area is 75.8 Å². The fraction of sp³-hybridized carbons (Fsp3) is 1.00. The fourth-order valence-electron chi connectivity index (χ4n) is 1.07. The summed E-state index contributed by atoms with van der Waals surface area (Å²) in [7, 11) is 0. The number of hydrogen-bond donors (Lipinski definition) is 1. The van der Waals surface area contributed by atoms with Crippen LogP contribution in [0.25, 0.3) is 0 Å². The van der Waals surface area contributed by atoms with E-state index in [4.69, 9.17) is 4.74 Å². The van der Waals surface area contributed by atoms with E-state index >= 15 is 0 Å². The number of ether oxygens (including phenoxy) is 1. The van der Waals surface area contributed by atoms with Gasteiger partial charge in [-0.25, -0.2) is 0 Å². The molecule has 0 bridgehead atoms. The van der Waals surface area contributed by atoms with Crippen molar-refractivity contribution in [3.05, 3.63) is 0 Å². The minimum absolute atomic E-state index is 0.613. The molecule has 1 heterocycles. The lowest BCUT2D eigenvalue weighted by Crippen LogP contribution is -2.33.